The minimum absolute atomic E-state index is 0.505. The van der Waals surface area contributed by atoms with E-state index in [4.69, 9.17) is 0 Å². The van der Waals surface area contributed by atoms with Gasteiger partial charge < -0.3 is 5.11 Å². The lowest BCUT2D eigenvalue weighted by atomic mass is 10.0. The van der Waals surface area contributed by atoms with Gasteiger partial charge in [0.05, 0.1) is 11.9 Å². The van der Waals surface area contributed by atoms with Gasteiger partial charge >= 0.3 is 0 Å². The molecular formula is C15H14N4O. The van der Waals surface area contributed by atoms with Crippen LogP contribution in [0.25, 0.3) is 5.69 Å². The molecule has 1 aromatic carbocycles. The maximum atomic E-state index is 10.4. The molecule has 20 heavy (non-hydrogen) atoms. The molecule has 2 aromatic heterocycles. The molecule has 0 amide bonds. The van der Waals surface area contributed by atoms with E-state index >= 15 is 0 Å². The Morgan fingerprint density at radius 1 is 1.10 bits per heavy atom. The van der Waals surface area contributed by atoms with Gasteiger partial charge in [-0.15, -0.1) is 0 Å². The van der Waals surface area contributed by atoms with E-state index in [1.165, 1.54) is 4.80 Å². The summed E-state index contributed by atoms with van der Waals surface area (Å²) in [5.41, 5.74) is 3.08. The molecule has 100 valence electrons. The Balaban J connectivity index is 1.93. The molecule has 3 aromatic rings. The van der Waals surface area contributed by atoms with E-state index in [0.29, 0.717) is 5.69 Å². The van der Waals surface area contributed by atoms with Crippen LogP contribution in [0.15, 0.2) is 55.0 Å². The summed E-state index contributed by atoms with van der Waals surface area (Å²) in [6.07, 6.45) is 4.11. The summed E-state index contributed by atoms with van der Waals surface area (Å²) in [6, 6.07) is 11.4. The number of aliphatic hydroxyl groups is 1. The Bertz CT molecular complexity index is 709. The number of benzene rings is 1. The zero-order chi connectivity index (χ0) is 13.9. The molecule has 3 rings (SSSR count). The molecule has 0 saturated heterocycles. The third-order valence-electron chi connectivity index (χ3n) is 3.15. The highest BCUT2D eigenvalue weighted by Crippen LogP contribution is 2.22. The normalized spacial score (nSPS) is 12.3. The maximum absolute atomic E-state index is 10.4. The van der Waals surface area contributed by atoms with Gasteiger partial charge in [0, 0.05) is 18.0 Å². The van der Waals surface area contributed by atoms with E-state index in [2.05, 4.69) is 15.2 Å². The molecule has 0 aliphatic rings. The van der Waals surface area contributed by atoms with Crippen LogP contribution >= 0.6 is 0 Å². The minimum Gasteiger partial charge on any atom is -0.382 e. The van der Waals surface area contributed by atoms with Gasteiger partial charge in [-0.3, -0.25) is 4.98 Å². The molecule has 0 aliphatic carbocycles. The van der Waals surface area contributed by atoms with Gasteiger partial charge in [-0.25, -0.2) is 0 Å². The molecule has 1 atom stereocenters. The zero-order valence-corrected chi connectivity index (χ0v) is 11.0. The summed E-state index contributed by atoms with van der Waals surface area (Å²) in [5.74, 6) is 0. The summed E-state index contributed by atoms with van der Waals surface area (Å²) >= 11 is 0. The number of aromatic nitrogens is 4. The van der Waals surface area contributed by atoms with Crippen molar-refractivity contribution >= 4 is 0 Å². The number of para-hydroxylation sites is 1. The van der Waals surface area contributed by atoms with Crippen molar-refractivity contribution in [1.82, 2.24) is 20.0 Å². The molecule has 0 radical (unpaired) electrons. The molecular weight excluding hydrogens is 252 g/mol. The molecule has 0 aliphatic heterocycles. The van der Waals surface area contributed by atoms with Gasteiger partial charge in [-0.05, 0) is 30.7 Å². The van der Waals surface area contributed by atoms with Gasteiger partial charge in [-0.2, -0.15) is 15.0 Å². The number of rotatable bonds is 3. The van der Waals surface area contributed by atoms with Crippen LogP contribution in [-0.2, 0) is 0 Å². The average molecular weight is 266 g/mol. The zero-order valence-electron chi connectivity index (χ0n) is 11.0. The van der Waals surface area contributed by atoms with Crippen molar-refractivity contribution < 1.29 is 5.11 Å². The third-order valence-corrected chi connectivity index (χ3v) is 3.15. The van der Waals surface area contributed by atoms with Crippen LogP contribution in [0, 0.1) is 6.92 Å². The summed E-state index contributed by atoms with van der Waals surface area (Å²) in [4.78, 5) is 5.55. The molecule has 0 fully saturated rings. The van der Waals surface area contributed by atoms with Crippen molar-refractivity contribution in [3.05, 3.63) is 71.8 Å². The van der Waals surface area contributed by atoms with Crippen molar-refractivity contribution in [2.45, 2.75) is 13.0 Å². The van der Waals surface area contributed by atoms with Crippen molar-refractivity contribution in [3.8, 4) is 5.69 Å². The first kappa shape index (κ1) is 12.5. The van der Waals surface area contributed by atoms with Crippen LogP contribution in [0.2, 0.25) is 0 Å². The number of aryl methyl sites for hydroxylation is 1. The number of aliphatic hydroxyl groups excluding tert-OH is 1. The van der Waals surface area contributed by atoms with Crippen LogP contribution in [0.3, 0.4) is 0 Å². The molecule has 0 bridgehead atoms. The Morgan fingerprint density at radius 3 is 2.65 bits per heavy atom. The van der Waals surface area contributed by atoms with E-state index < -0.39 is 6.10 Å². The lowest BCUT2D eigenvalue weighted by Crippen LogP contribution is -2.05. The van der Waals surface area contributed by atoms with Crippen molar-refractivity contribution in [2.24, 2.45) is 0 Å². The van der Waals surface area contributed by atoms with Crippen molar-refractivity contribution in [1.29, 1.82) is 0 Å². The number of pyridine rings is 1. The molecule has 1 unspecified atom stereocenters. The highest BCUT2D eigenvalue weighted by molar-refractivity contribution is 5.31. The van der Waals surface area contributed by atoms with E-state index in [1.54, 1.807) is 18.6 Å². The maximum Gasteiger partial charge on any atom is 0.126 e. The summed E-state index contributed by atoms with van der Waals surface area (Å²) in [7, 11) is 0. The van der Waals surface area contributed by atoms with Gasteiger partial charge in [0.1, 0.15) is 11.8 Å². The van der Waals surface area contributed by atoms with Crippen molar-refractivity contribution in [3.63, 3.8) is 0 Å². The number of hydrogen-bond acceptors (Lipinski definition) is 4. The van der Waals surface area contributed by atoms with E-state index in [0.717, 1.165) is 16.8 Å². The average Bonchev–Trinajstić information content (AvgIpc) is 2.98. The topological polar surface area (TPSA) is 63.8 Å². The van der Waals surface area contributed by atoms with E-state index in [9.17, 15) is 5.11 Å². The predicted molar refractivity (Wildman–Crippen MR) is 74.4 cm³/mol. The van der Waals surface area contributed by atoms with Crippen LogP contribution in [-0.4, -0.2) is 25.1 Å². The first-order valence-electron chi connectivity index (χ1n) is 6.32. The molecule has 5 nitrogen and oxygen atoms in total. The van der Waals surface area contributed by atoms with Gasteiger partial charge in [0.25, 0.3) is 0 Å². The summed E-state index contributed by atoms with van der Waals surface area (Å²) in [5, 5.41) is 18.9. The van der Waals surface area contributed by atoms with Crippen LogP contribution in [0.5, 0.6) is 0 Å². The van der Waals surface area contributed by atoms with Crippen LogP contribution in [0.1, 0.15) is 22.9 Å². The number of hydrogen-bond donors (Lipinski definition) is 1. The standard InChI is InChI=1S/C15H14N4O/c1-11-7-8-16-9-13(11)15(20)14-10-17-19(18-14)12-5-3-2-4-6-12/h2-10,15,20H,1H3. The van der Waals surface area contributed by atoms with Crippen LogP contribution in [0.4, 0.5) is 0 Å². The first-order valence-corrected chi connectivity index (χ1v) is 6.32. The Labute approximate surface area is 116 Å². The molecule has 1 N–H and O–H groups in total. The smallest absolute Gasteiger partial charge is 0.126 e. The molecule has 5 heteroatoms. The Morgan fingerprint density at radius 2 is 1.90 bits per heavy atom. The Kier molecular flexibility index (Phi) is 3.26. The van der Waals surface area contributed by atoms with Gasteiger partial charge in [-0.1, -0.05) is 18.2 Å². The second-order valence-electron chi connectivity index (χ2n) is 4.53. The monoisotopic (exact) mass is 266 g/mol. The van der Waals surface area contributed by atoms with Gasteiger partial charge in [0.15, 0.2) is 0 Å². The van der Waals surface area contributed by atoms with E-state index in [-0.39, 0.29) is 0 Å². The SMILES string of the molecule is Cc1ccncc1C(O)c1cnn(-c2ccccc2)n1. The minimum atomic E-state index is -0.818. The quantitative estimate of drug-likeness (QED) is 0.788. The fourth-order valence-electron chi connectivity index (χ4n) is 2.01. The predicted octanol–water partition coefficient (Wildman–Crippen LogP) is 2.05. The fraction of sp³-hybridized carbons (Fsp3) is 0.133. The lowest BCUT2D eigenvalue weighted by Gasteiger charge is -2.09. The highest BCUT2D eigenvalue weighted by Gasteiger charge is 2.17. The van der Waals surface area contributed by atoms with E-state index in [1.807, 2.05) is 43.3 Å². The molecule has 0 saturated carbocycles. The molecule has 2 heterocycles. The second-order valence-corrected chi connectivity index (χ2v) is 4.53. The fourth-order valence-corrected chi connectivity index (χ4v) is 2.01. The first-order chi connectivity index (χ1) is 9.75. The Hall–Kier alpha value is -2.53. The molecule has 0 spiro atoms. The third kappa shape index (κ3) is 2.31. The van der Waals surface area contributed by atoms with Gasteiger partial charge in [0.2, 0.25) is 0 Å². The van der Waals surface area contributed by atoms with Crippen LogP contribution < -0.4 is 0 Å². The summed E-state index contributed by atoms with van der Waals surface area (Å²) < 4.78 is 0. The largest absolute Gasteiger partial charge is 0.382 e. The summed E-state index contributed by atoms with van der Waals surface area (Å²) in [6.45, 7) is 1.93. The second kappa shape index (κ2) is 5.22. The highest BCUT2D eigenvalue weighted by atomic mass is 16.3. The lowest BCUT2D eigenvalue weighted by molar-refractivity contribution is 0.213. The number of nitrogens with zero attached hydrogens (tertiary/aromatic N) is 4. The van der Waals surface area contributed by atoms with Crippen molar-refractivity contribution in [2.75, 3.05) is 0 Å².